The second kappa shape index (κ2) is 3.69. The maximum atomic E-state index is 10.4. The van der Waals surface area contributed by atoms with Crippen LogP contribution in [0.15, 0.2) is 0 Å². The normalized spacial score (nSPS) is 33.5. The minimum atomic E-state index is -0.628. The van der Waals surface area contributed by atoms with Crippen LogP contribution in [0.1, 0.15) is 44.9 Å². The van der Waals surface area contributed by atoms with Gasteiger partial charge in [-0.25, -0.2) is 0 Å². The first-order valence-corrected chi connectivity index (χ1v) is 5.49. The second-order valence-electron chi connectivity index (χ2n) is 4.64. The lowest BCUT2D eigenvalue weighted by Gasteiger charge is -2.06. The number of aliphatic carboxylic acids is 1. The van der Waals surface area contributed by atoms with Crippen molar-refractivity contribution in [2.75, 3.05) is 0 Å². The van der Waals surface area contributed by atoms with E-state index in [0.29, 0.717) is 6.42 Å². The van der Waals surface area contributed by atoms with Gasteiger partial charge in [-0.1, -0.05) is 25.7 Å². The zero-order chi connectivity index (χ0) is 9.26. The van der Waals surface area contributed by atoms with Gasteiger partial charge in [-0.2, -0.15) is 0 Å². The fourth-order valence-corrected chi connectivity index (χ4v) is 2.87. The van der Waals surface area contributed by atoms with Crippen molar-refractivity contribution in [2.45, 2.75) is 44.9 Å². The molecule has 2 unspecified atom stereocenters. The Morgan fingerprint density at radius 1 is 1.31 bits per heavy atom. The largest absolute Gasteiger partial charge is 0.481 e. The van der Waals surface area contributed by atoms with E-state index in [4.69, 9.17) is 5.11 Å². The van der Waals surface area contributed by atoms with Gasteiger partial charge in [0.2, 0.25) is 0 Å². The third kappa shape index (κ3) is 2.23. The molecule has 0 aromatic heterocycles. The quantitative estimate of drug-likeness (QED) is 0.725. The van der Waals surface area contributed by atoms with E-state index in [1.807, 2.05) is 0 Å². The molecule has 0 radical (unpaired) electrons. The molecule has 2 atom stereocenters. The van der Waals surface area contributed by atoms with Gasteiger partial charge in [-0.05, 0) is 30.6 Å². The number of hydrogen-bond acceptors (Lipinski definition) is 1. The lowest BCUT2D eigenvalue weighted by Crippen LogP contribution is -2.00. The van der Waals surface area contributed by atoms with Crippen LogP contribution in [0.4, 0.5) is 0 Å². The van der Waals surface area contributed by atoms with E-state index in [9.17, 15) is 4.79 Å². The van der Waals surface area contributed by atoms with Crippen LogP contribution in [0.25, 0.3) is 0 Å². The van der Waals surface area contributed by atoms with Gasteiger partial charge in [-0.3, -0.25) is 4.79 Å². The molecule has 2 aliphatic rings. The fourth-order valence-electron chi connectivity index (χ4n) is 2.87. The summed E-state index contributed by atoms with van der Waals surface area (Å²) < 4.78 is 0. The highest BCUT2D eigenvalue weighted by molar-refractivity contribution is 5.66. The van der Waals surface area contributed by atoms with Crippen LogP contribution in [0.3, 0.4) is 0 Å². The van der Waals surface area contributed by atoms with Crippen LogP contribution in [0.5, 0.6) is 0 Å². The van der Waals surface area contributed by atoms with Crippen LogP contribution in [0, 0.1) is 17.8 Å². The van der Waals surface area contributed by atoms with Gasteiger partial charge in [-0.15, -0.1) is 0 Å². The van der Waals surface area contributed by atoms with Gasteiger partial charge in [0.05, 0.1) is 0 Å². The summed E-state index contributed by atoms with van der Waals surface area (Å²) in [7, 11) is 0. The van der Waals surface area contributed by atoms with Gasteiger partial charge < -0.3 is 5.11 Å². The molecule has 2 fully saturated rings. The molecule has 74 valence electrons. The van der Waals surface area contributed by atoms with Crippen LogP contribution in [-0.2, 0) is 4.79 Å². The molecular formula is C11H18O2. The highest BCUT2D eigenvalue weighted by Gasteiger charge is 2.42. The van der Waals surface area contributed by atoms with E-state index in [0.717, 1.165) is 24.2 Å². The summed E-state index contributed by atoms with van der Waals surface area (Å²) in [6, 6.07) is 0. The number of hydrogen-bond donors (Lipinski definition) is 1. The summed E-state index contributed by atoms with van der Waals surface area (Å²) in [6.07, 6.45) is 8.27. The minimum absolute atomic E-state index is 0.383. The molecule has 13 heavy (non-hydrogen) atoms. The fraction of sp³-hybridized carbons (Fsp3) is 0.909. The van der Waals surface area contributed by atoms with E-state index in [1.54, 1.807) is 0 Å². The second-order valence-corrected chi connectivity index (χ2v) is 4.64. The SMILES string of the molecule is O=C(O)CCC1CC1C1CCCC1. The van der Waals surface area contributed by atoms with Gasteiger partial charge >= 0.3 is 5.97 Å². The molecule has 0 aliphatic heterocycles. The summed E-state index contributed by atoms with van der Waals surface area (Å²) in [5.74, 6) is 2.00. The maximum absolute atomic E-state index is 10.4. The molecular weight excluding hydrogens is 164 g/mol. The van der Waals surface area contributed by atoms with Crippen molar-refractivity contribution in [3.05, 3.63) is 0 Å². The van der Waals surface area contributed by atoms with Crippen molar-refractivity contribution in [1.82, 2.24) is 0 Å². The smallest absolute Gasteiger partial charge is 0.303 e. The summed E-state index contributed by atoms with van der Waals surface area (Å²) in [6.45, 7) is 0. The standard InChI is InChI=1S/C11H18O2/c12-11(13)6-5-9-7-10(9)8-3-1-2-4-8/h8-10H,1-7H2,(H,12,13). The molecule has 0 bridgehead atoms. The lowest BCUT2D eigenvalue weighted by atomic mass is 9.99. The summed E-state index contributed by atoms with van der Waals surface area (Å²) >= 11 is 0. The number of rotatable bonds is 4. The van der Waals surface area contributed by atoms with Crippen LogP contribution >= 0.6 is 0 Å². The summed E-state index contributed by atoms with van der Waals surface area (Å²) in [5.41, 5.74) is 0. The Morgan fingerprint density at radius 2 is 2.00 bits per heavy atom. The van der Waals surface area contributed by atoms with Crippen molar-refractivity contribution in [3.63, 3.8) is 0 Å². The molecule has 2 saturated carbocycles. The van der Waals surface area contributed by atoms with E-state index in [-0.39, 0.29) is 0 Å². The molecule has 0 heterocycles. The first-order chi connectivity index (χ1) is 6.27. The number of carboxylic acids is 1. The molecule has 0 saturated heterocycles. The highest BCUT2D eigenvalue weighted by atomic mass is 16.4. The molecule has 2 nitrogen and oxygen atoms in total. The zero-order valence-corrected chi connectivity index (χ0v) is 8.04. The minimum Gasteiger partial charge on any atom is -0.481 e. The van der Waals surface area contributed by atoms with Crippen LogP contribution in [-0.4, -0.2) is 11.1 Å². The van der Waals surface area contributed by atoms with E-state index >= 15 is 0 Å². The Morgan fingerprint density at radius 3 is 2.62 bits per heavy atom. The zero-order valence-electron chi connectivity index (χ0n) is 8.04. The van der Waals surface area contributed by atoms with Crippen molar-refractivity contribution in [2.24, 2.45) is 17.8 Å². The predicted molar refractivity (Wildman–Crippen MR) is 50.4 cm³/mol. The van der Waals surface area contributed by atoms with Gasteiger partial charge in [0.1, 0.15) is 0 Å². The lowest BCUT2D eigenvalue weighted by molar-refractivity contribution is -0.137. The molecule has 0 aromatic carbocycles. The van der Waals surface area contributed by atoms with Gasteiger partial charge in [0, 0.05) is 6.42 Å². The van der Waals surface area contributed by atoms with E-state index < -0.39 is 5.97 Å². The average molecular weight is 182 g/mol. The number of carbonyl (C=O) groups is 1. The Balaban J connectivity index is 1.66. The molecule has 2 aliphatic carbocycles. The Labute approximate surface area is 79.3 Å². The number of carboxylic acid groups (broad SMARTS) is 1. The molecule has 0 spiro atoms. The third-order valence-corrected chi connectivity index (χ3v) is 3.71. The van der Waals surface area contributed by atoms with E-state index in [2.05, 4.69) is 0 Å². The van der Waals surface area contributed by atoms with Crippen molar-refractivity contribution in [3.8, 4) is 0 Å². The van der Waals surface area contributed by atoms with Crippen LogP contribution in [0.2, 0.25) is 0 Å². The van der Waals surface area contributed by atoms with E-state index in [1.165, 1.54) is 32.1 Å². The summed E-state index contributed by atoms with van der Waals surface area (Å²) in [5, 5.41) is 8.54. The van der Waals surface area contributed by atoms with Crippen molar-refractivity contribution >= 4 is 5.97 Å². The molecule has 0 aromatic rings. The van der Waals surface area contributed by atoms with Crippen molar-refractivity contribution < 1.29 is 9.90 Å². The van der Waals surface area contributed by atoms with Crippen LogP contribution < -0.4 is 0 Å². The monoisotopic (exact) mass is 182 g/mol. The van der Waals surface area contributed by atoms with Crippen molar-refractivity contribution in [1.29, 1.82) is 0 Å². The summed E-state index contributed by atoms with van der Waals surface area (Å²) in [4.78, 5) is 10.4. The van der Waals surface area contributed by atoms with Gasteiger partial charge in [0.15, 0.2) is 0 Å². The maximum Gasteiger partial charge on any atom is 0.303 e. The molecule has 2 rings (SSSR count). The topological polar surface area (TPSA) is 37.3 Å². The molecule has 1 N–H and O–H groups in total. The third-order valence-electron chi connectivity index (χ3n) is 3.71. The Bertz CT molecular complexity index is 194. The molecule has 0 amide bonds. The average Bonchev–Trinajstić information content (AvgIpc) is 2.66. The Kier molecular flexibility index (Phi) is 2.56. The molecule has 2 heteroatoms. The van der Waals surface area contributed by atoms with Gasteiger partial charge in [0.25, 0.3) is 0 Å². The predicted octanol–water partition coefficient (Wildman–Crippen LogP) is 2.68. The Hall–Kier alpha value is -0.530. The first kappa shape index (κ1) is 9.04. The first-order valence-electron chi connectivity index (χ1n) is 5.49. The highest BCUT2D eigenvalue weighted by Crippen LogP contribution is 2.52.